The molecule has 1 aliphatic rings. The number of nitrogens with zero attached hydrogens (tertiary/aromatic N) is 1. The fourth-order valence-corrected chi connectivity index (χ4v) is 3.65. The van der Waals surface area contributed by atoms with Crippen LogP contribution >= 0.6 is 0 Å². The van der Waals surface area contributed by atoms with Crippen LogP contribution in [0.3, 0.4) is 0 Å². The summed E-state index contributed by atoms with van der Waals surface area (Å²) in [6.07, 6.45) is -0.888. The van der Waals surface area contributed by atoms with Gasteiger partial charge in [0, 0.05) is 18.2 Å². The molecule has 0 saturated carbocycles. The minimum atomic E-state index is -2.54. The monoisotopic (exact) mass is 358 g/mol. The van der Waals surface area contributed by atoms with Crippen molar-refractivity contribution in [3.05, 3.63) is 33.1 Å². The molecule has 9 heteroatoms. The van der Waals surface area contributed by atoms with Crippen molar-refractivity contribution in [2.45, 2.75) is 56.8 Å². The Morgan fingerprint density at radius 2 is 2.00 bits per heavy atom. The molecule has 0 spiro atoms. The van der Waals surface area contributed by atoms with Crippen LogP contribution < -0.4 is 11.2 Å². The van der Waals surface area contributed by atoms with Gasteiger partial charge in [-0.05, 0) is 24.6 Å². The van der Waals surface area contributed by atoms with Crippen molar-refractivity contribution in [3.63, 3.8) is 0 Å². The minimum absolute atomic E-state index is 0.382. The molecule has 1 aromatic heterocycles. The van der Waals surface area contributed by atoms with Crippen molar-refractivity contribution in [1.29, 1.82) is 0 Å². The predicted molar refractivity (Wildman–Crippen MR) is 90.2 cm³/mol. The number of rotatable bonds is 5. The Balaban J connectivity index is 2.41. The highest BCUT2D eigenvalue weighted by Crippen LogP contribution is 2.48. The Kier molecular flexibility index (Phi) is 5.21. The molecule has 1 aliphatic heterocycles. The number of aromatic amines is 1. The molecule has 0 radical (unpaired) electrons. The first kappa shape index (κ1) is 19.1. The lowest BCUT2D eigenvalue weighted by Crippen LogP contribution is -2.43. The van der Waals surface area contributed by atoms with E-state index in [9.17, 15) is 24.6 Å². The van der Waals surface area contributed by atoms with Crippen LogP contribution in [0.15, 0.2) is 21.9 Å². The number of hydrogen-bond donors (Lipinski definition) is 4. The molecule has 1 aromatic rings. The predicted octanol–water partition coefficient (Wildman–Crippen LogP) is -0.229. The summed E-state index contributed by atoms with van der Waals surface area (Å²) in [6.45, 7) is 7.10. The lowest BCUT2D eigenvalue weighted by molar-refractivity contribution is -0.0485. The molecule has 2 heterocycles. The third-order valence-electron chi connectivity index (χ3n) is 5.21. The van der Waals surface area contributed by atoms with E-state index in [2.05, 4.69) is 4.98 Å². The second-order valence-electron chi connectivity index (χ2n) is 7.57. The van der Waals surface area contributed by atoms with Crippen LogP contribution in [0.4, 0.5) is 0 Å². The van der Waals surface area contributed by atoms with E-state index < -0.39 is 49.0 Å². The lowest BCUT2D eigenvalue weighted by Gasteiger charge is -2.38. The molecule has 24 heavy (non-hydrogen) atoms. The lowest BCUT2D eigenvalue weighted by atomic mass is 9.89. The Hall–Kier alpha value is -1.26. The van der Waals surface area contributed by atoms with Gasteiger partial charge in [-0.15, -0.1) is 0 Å². The van der Waals surface area contributed by atoms with Crippen LogP contribution in [0.2, 0.25) is 18.1 Å². The zero-order valence-electron chi connectivity index (χ0n) is 14.4. The van der Waals surface area contributed by atoms with Crippen molar-refractivity contribution in [1.82, 2.24) is 9.55 Å². The Morgan fingerprint density at radius 1 is 1.38 bits per heavy atom. The number of aromatic nitrogens is 2. The van der Waals surface area contributed by atoms with E-state index in [-0.39, 0.29) is 6.61 Å². The number of ether oxygens (including phenoxy) is 1. The average molecular weight is 358 g/mol. The van der Waals surface area contributed by atoms with Crippen molar-refractivity contribution >= 4 is 8.32 Å². The molecule has 0 aliphatic carbocycles. The minimum Gasteiger partial charge on any atom is -0.432 e. The van der Waals surface area contributed by atoms with Crippen molar-refractivity contribution in [3.8, 4) is 0 Å². The van der Waals surface area contributed by atoms with E-state index in [1.807, 2.05) is 26.9 Å². The first-order chi connectivity index (χ1) is 11.0. The quantitative estimate of drug-likeness (QED) is 0.539. The molecule has 1 fully saturated rings. The largest absolute Gasteiger partial charge is 0.432 e. The normalized spacial score (nSPS) is 28.3. The van der Waals surface area contributed by atoms with Crippen molar-refractivity contribution in [2.75, 3.05) is 6.61 Å². The van der Waals surface area contributed by atoms with Crippen LogP contribution in [0.1, 0.15) is 26.5 Å². The fraction of sp³-hybridized carbons (Fsp3) is 0.733. The third kappa shape index (κ3) is 3.54. The molecule has 2 rings (SSSR count). The van der Waals surface area contributed by atoms with Gasteiger partial charge in [-0.25, -0.2) is 4.79 Å². The van der Waals surface area contributed by atoms with Gasteiger partial charge in [0.1, 0.15) is 12.3 Å². The average Bonchev–Trinajstić information content (AvgIpc) is 2.74. The molecule has 1 saturated heterocycles. The van der Waals surface area contributed by atoms with Gasteiger partial charge in [-0.3, -0.25) is 14.3 Å². The van der Waals surface area contributed by atoms with Crippen molar-refractivity contribution < 1.29 is 19.7 Å². The van der Waals surface area contributed by atoms with Gasteiger partial charge in [0.2, 0.25) is 0 Å². The van der Waals surface area contributed by atoms with Gasteiger partial charge in [-0.2, -0.15) is 0 Å². The molecule has 0 aromatic carbocycles. The van der Waals surface area contributed by atoms with Crippen LogP contribution in [-0.4, -0.2) is 51.7 Å². The smallest absolute Gasteiger partial charge is 0.330 e. The molecular formula is C15H26N2O6Si. The van der Waals surface area contributed by atoms with Crippen molar-refractivity contribution in [2.24, 2.45) is 5.92 Å². The molecule has 0 bridgehead atoms. The first-order valence-corrected chi connectivity index (χ1v) is 10.9. The first-order valence-electron chi connectivity index (χ1n) is 7.96. The molecular weight excluding hydrogens is 332 g/mol. The summed E-state index contributed by atoms with van der Waals surface area (Å²) in [4.78, 5) is 36.0. The van der Waals surface area contributed by atoms with Crippen LogP contribution in [0.5, 0.6) is 0 Å². The van der Waals surface area contributed by atoms with E-state index in [4.69, 9.17) is 4.74 Å². The fourth-order valence-electron chi connectivity index (χ4n) is 2.92. The Bertz CT molecular complexity index is 692. The van der Waals surface area contributed by atoms with Crippen LogP contribution in [0.25, 0.3) is 0 Å². The third-order valence-corrected chi connectivity index (χ3v) is 8.72. The van der Waals surface area contributed by atoms with Gasteiger partial charge >= 0.3 is 5.69 Å². The van der Waals surface area contributed by atoms with Gasteiger partial charge in [-0.1, -0.05) is 13.8 Å². The second kappa shape index (κ2) is 6.56. The summed E-state index contributed by atoms with van der Waals surface area (Å²) in [7, 11) is -2.54. The number of hydrogen-bond acceptors (Lipinski definition) is 6. The summed E-state index contributed by atoms with van der Waals surface area (Å²) in [6, 6.07) is 1.20. The number of nitrogens with one attached hydrogen (secondary N) is 1. The number of aliphatic hydroxyl groups is 2. The van der Waals surface area contributed by atoms with Gasteiger partial charge < -0.3 is 19.7 Å². The van der Waals surface area contributed by atoms with E-state index in [1.165, 1.54) is 16.8 Å². The number of H-pyrrole nitrogens is 1. The maximum Gasteiger partial charge on any atom is 0.330 e. The number of aliphatic hydroxyl groups excluding tert-OH is 2. The van der Waals surface area contributed by atoms with Crippen LogP contribution in [0, 0.1) is 5.92 Å². The Labute approximate surface area is 140 Å². The SMILES string of the molecule is CC(C)(CC1C(O)[C@@H](CO)O[C@H]1n1ccc(=O)[nH]c1=O)[Si](C)(C)O. The summed E-state index contributed by atoms with van der Waals surface area (Å²) < 4.78 is 6.89. The molecule has 8 nitrogen and oxygen atoms in total. The summed E-state index contributed by atoms with van der Waals surface area (Å²) >= 11 is 0. The molecule has 2 unspecified atom stereocenters. The van der Waals surface area contributed by atoms with E-state index >= 15 is 0 Å². The summed E-state index contributed by atoms with van der Waals surface area (Å²) in [5.41, 5.74) is -1.16. The molecule has 4 N–H and O–H groups in total. The van der Waals surface area contributed by atoms with E-state index in [0.29, 0.717) is 6.42 Å². The maximum atomic E-state index is 12.1. The standard InChI is InChI=1S/C15H26N2O6Si/c1-15(2,24(3,4)22)7-9-12(20)10(8-18)23-13(9)17-6-5-11(19)16-14(17)21/h5-6,9-10,12-13,18,20,22H,7-8H2,1-4H3,(H,16,19,21)/t9?,10-,12?,13-/m1/s1. The zero-order valence-corrected chi connectivity index (χ0v) is 15.4. The van der Waals surface area contributed by atoms with E-state index in [1.54, 1.807) is 0 Å². The highest BCUT2D eigenvalue weighted by Gasteiger charge is 2.49. The topological polar surface area (TPSA) is 125 Å². The molecule has 136 valence electrons. The zero-order chi connectivity index (χ0) is 18.3. The van der Waals surface area contributed by atoms with Gasteiger partial charge in [0.25, 0.3) is 5.56 Å². The molecule has 0 amide bonds. The summed E-state index contributed by atoms with van der Waals surface area (Å²) in [5, 5.41) is 19.5. The van der Waals surface area contributed by atoms with E-state index in [0.717, 1.165) is 0 Å². The highest BCUT2D eigenvalue weighted by atomic mass is 28.4. The molecule has 4 atom stereocenters. The van der Waals surface area contributed by atoms with Crippen LogP contribution in [-0.2, 0) is 4.74 Å². The maximum absolute atomic E-state index is 12.1. The Morgan fingerprint density at radius 3 is 2.50 bits per heavy atom. The van der Waals surface area contributed by atoms with Gasteiger partial charge in [0.05, 0.1) is 12.7 Å². The highest BCUT2D eigenvalue weighted by molar-refractivity contribution is 6.72. The summed E-state index contributed by atoms with van der Waals surface area (Å²) in [5.74, 6) is -0.500. The second-order valence-corrected chi connectivity index (χ2v) is 12.0. The van der Waals surface area contributed by atoms with Gasteiger partial charge in [0.15, 0.2) is 8.32 Å².